The van der Waals surface area contributed by atoms with Crippen LogP contribution in [0.25, 0.3) is 0 Å². The van der Waals surface area contributed by atoms with Crippen LogP contribution in [0.5, 0.6) is 5.75 Å². The van der Waals surface area contributed by atoms with E-state index in [0.29, 0.717) is 18.0 Å². The summed E-state index contributed by atoms with van der Waals surface area (Å²) in [5.41, 5.74) is 2.23. The van der Waals surface area contributed by atoms with E-state index >= 15 is 0 Å². The second kappa shape index (κ2) is 9.06. The minimum absolute atomic E-state index is 0.0996. The minimum atomic E-state index is -0.0996. The number of ether oxygens (including phenoxy) is 1. The minimum Gasteiger partial charge on any atom is -0.491 e. The molecule has 0 unspecified atom stereocenters. The Bertz CT molecular complexity index is 682. The number of amides is 1. The van der Waals surface area contributed by atoms with Crippen LogP contribution in [0.4, 0.5) is 11.4 Å². The molecule has 5 nitrogen and oxygen atoms in total. The van der Waals surface area contributed by atoms with E-state index in [4.69, 9.17) is 4.74 Å². The maximum Gasteiger partial charge on any atom is 0.252 e. The molecule has 2 N–H and O–H groups in total. The van der Waals surface area contributed by atoms with Crippen molar-refractivity contribution in [2.24, 2.45) is 5.92 Å². The lowest BCUT2D eigenvalue weighted by molar-refractivity contribution is 0.0951. The van der Waals surface area contributed by atoms with Crippen molar-refractivity contribution in [2.45, 2.75) is 40.2 Å². The van der Waals surface area contributed by atoms with Gasteiger partial charge in [0, 0.05) is 18.4 Å². The van der Waals surface area contributed by atoms with Gasteiger partial charge in [-0.25, -0.2) is 0 Å². The third kappa shape index (κ3) is 6.45. The Morgan fingerprint density at radius 2 is 1.80 bits per heavy atom. The number of hydrogen-bond acceptors (Lipinski definition) is 4. The Kier molecular flexibility index (Phi) is 6.81. The van der Waals surface area contributed by atoms with Gasteiger partial charge in [-0.05, 0) is 56.5 Å². The standard InChI is InChI=1S/C20H27N3O2/c1-14(2)9-10-22-20(24)16-11-18(13-21-12-16)23-17-5-7-19(8-6-17)25-15(3)4/h5-8,11-15,23H,9-10H2,1-4H3,(H,22,24). The molecule has 1 aromatic carbocycles. The van der Waals surface area contributed by atoms with Crippen LogP contribution in [0.15, 0.2) is 42.7 Å². The first kappa shape index (κ1) is 18.8. The topological polar surface area (TPSA) is 63.2 Å². The van der Waals surface area contributed by atoms with Crippen molar-refractivity contribution in [1.82, 2.24) is 10.3 Å². The van der Waals surface area contributed by atoms with Gasteiger partial charge in [-0.15, -0.1) is 0 Å². The number of nitrogens with one attached hydrogen (secondary N) is 2. The molecule has 0 atom stereocenters. The van der Waals surface area contributed by atoms with Gasteiger partial charge in [0.2, 0.25) is 0 Å². The fraction of sp³-hybridized carbons (Fsp3) is 0.400. The van der Waals surface area contributed by atoms with Crippen molar-refractivity contribution in [1.29, 1.82) is 0 Å². The van der Waals surface area contributed by atoms with E-state index in [-0.39, 0.29) is 12.0 Å². The van der Waals surface area contributed by atoms with Gasteiger partial charge in [0.15, 0.2) is 0 Å². The Hall–Kier alpha value is -2.56. The van der Waals surface area contributed by atoms with Gasteiger partial charge in [0.25, 0.3) is 5.91 Å². The summed E-state index contributed by atoms with van der Waals surface area (Å²) in [6.45, 7) is 8.93. The van der Waals surface area contributed by atoms with Crippen LogP contribution in [-0.2, 0) is 0 Å². The third-order valence-electron chi connectivity index (χ3n) is 3.52. The molecule has 5 heteroatoms. The van der Waals surface area contributed by atoms with Gasteiger partial charge in [0.1, 0.15) is 5.75 Å². The number of hydrogen-bond donors (Lipinski definition) is 2. The first-order valence-electron chi connectivity index (χ1n) is 8.71. The molecule has 25 heavy (non-hydrogen) atoms. The number of nitrogens with zero attached hydrogens (tertiary/aromatic N) is 1. The molecule has 0 radical (unpaired) electrons. The molecule has 0 aliphatic heterocycles. The van der Waals surface area contributed by atoms with Crippen molar-refractivity contribution in [3.63, 3.8) is 0 Å². The molecule has 0 saturated heterocycles. The number of anilines is 2. The second-order valence-electron chi connectivity index (χ2n) is 6.72. The lowest BCUT2D eigenvalue weighted by Crippen LogP contribution is -2.25. The quantitative estimate of drug-likeness (QED) is 0.747. The van der Waals surface area contributed by atoms with Crippen molar-refractivity contribution in [3.05, 3.63) is 48.3 Å². The summed E-state index contributed by atoms with van der Waals surface area (Å²) in [6.07, 6.45) is 4.38. The highest BCUT2D eigenvalue weighted by molar-refractivity contribution is 5.94. The molecule has 2 rings (SSSR count). The van der Waals surface area contributed by atoms with Crippen LogP contribution in [0.3, 0.4) is 0 Å². The third-order valence-corrected chi connectivity index (χ3v) is 3.52. The summed E-state index contributed by atoms with van der Waals surface area (Å²) in [5.74, 6) is 1.29. The number of benzene rings is 1. The van der Waals surface area contributed by atoms with Crippen LogP contribution in [-0.4, -0.2) is 23.5 Å². The fourth-order valence-electron chi connectivity index (χ4n) is 2.26. The maximum absolute atomic E-state index is 12.2. The van der Waals surface area contributed by atoms with E-state index in [0.717, 1.165) is 23.5 Å². The molecule has 0 saturated carbocycles. The van der Waals surface area contributed by atoms with Gasteiger partial charge >= 0.3 is 0 Å². The first-order chi connectivity index (χ1) is 11.9. The van der Waals surface area contributed by atoms with Crippen molar-refractivity contribution < 1.29 is 9.53 Å². The lowest BCUT2D eigenvalue weighted by Gasteiger charge is -2.12. The molecule has 1 heterocycles. The van der Waals surface area contributed by atoms with Crippen LogP contribution >= 0.6 is 0 Å². The molecule has 2 aromatic rings. The van der Waals surface area contributed by atoms with E-state index in [1.807, 2.05) is 38.1 Å². The van der Waals surface area contributed by atoms with E-state index < -0.39 is 0 Å². The van der Waals surface area contributed by atoms with E-state index in [1.165, 1.54) is 0 Å². The summed E-state index contributed by atoms with van der Waals surface area (Å²) in [7, 11) is 0. The van der Waals surface area contributed by atoms with Gasteiger partial charge in [-0.2, -0.15) is 0 Å². The van der Waals surface area contributed by atoms with Crippen molar-refractivity contribution >= 4 is 17.3 Å². The fourth-order valence-corrected chi connectivity index (χ4v) is 2.26. The van der Waals surface area contributed by atoms with Gasteiger partial charge in [-0.1, -0.05) is 13.8 Å². The Balaban J connectivity index is 1.97. The smallest absolute Gasteiger partial charge is 0.252 e. The average Bonchev–Trinajstić information content (AvgIpc) is 2.56. The maximum atomic E-state index is 12.2. The zero-order valence-corrected chi connectivity index (χ0v) is 15.4. The van der Waals surface area contributed by atoms with Crippen LogP contribution in [0.1, 0.15) is 44.5 Å². The normalized spacial score (nSPS) is 10.8. The zero-order valence-electron chi connectivity index (χ0n) is 15.4. The summed E-state index contributed by atoms with van der Waals surface area (Å²) in [5, 5.41) is 6.18. The van der Waals surface area contributed by atoms with Crippen LogP contribution < -0.4 is 15.4 Å². The largest absolute Gasteiger partial charge is 0.491 e. The predicted molar refractivity (Wildman–Crippen MR) is 102 cm³/mol. The molecular weight excluding hydrogens is 314 g/mol. The molecule has 134 valence electrons. The lowest BCUT2D eigenvalue weighted by atomic mass is 10.1. The average molecular weight is 341 g/mol. The SMILES string of the molecule is CC(C)CCNC(=O)c1cncc(Nc2ccc(OC(C)C)cc2)c1. The van der Waals surface area contributed by atoms with Crippen molar-refractivity contribution in [2.75, 3.05) is 11.9 Å². The number of pyridine rings is 1. The predicted octanol–water partition coefficient (Wildman–Crippen LogP) is 4.39. The molecule has 1 aromatic heterocycles. The van der Waals surface area contributed by atoms with Crippen LogP contribution in [0.2, 0.25) is 0 Å². The highest BCUT2D eigenvalue weighted by atomic mass is 16.5. The Labute approximate surface area is 149 Å². The molecule has 1 amide bonds. The monoisotopic (exact) mass is 341 g/mol. The Morgan fingerprint density at radius 1 is 1.08 bits per heavy atom. The van der Waals surface area contributed by atoms with Gasteiger partial charge in [0.05, 0.1) is 23.6 Å². The molecule has 0 aliphatic rings. The zero-order chi connectivity index (χ0) is 18.2. The highest BCUT2D eigenvalue weighted by Gasteiger charge is 2.07. The summed E-state index contributed by atoms with van der Waals surface area (Å²) in [4.78, 5) is 16.3. The van der Waals surface area contributed by atoms with E-state index in [2.05, 4.69) is 29.5 Å². The Morgan fingerprint density at radius 3 is 2.44 bits per heavy atom. The molecule has 0 bridgehead atoms. The first-order valence-corrected chi connectivity index (χ1v) is 8.71. The summed E-state index contributed by atoms with van der Waals surface area (Å²) in [6, 6.07) is 9.51. The second-order valence-corrected chi connectivity index (χ2v) is 6.72. The van der Waals surface area contributed by atoms with E-state index in [1.54, 1.807) is 18.5 Å². The summed E-state index contributed by atoms with van der Waals surface area (Å²) >= 11 is 0. The highest BCUT2D eigenvalue weighted by Crippen LogP contribution is 2.21. The molecule has 0 fully saturated rings. The number of aromatic nitrogens is 1. The van der Waals surface area contributed by atoms with E-state index in [9.17, 15) is 4.79 Å². The van der Waals surface area contributed by atoms with Crippen molar-refractivity contribution in [3.8, 4) is 5.75 Å². The number of carbonyl (C=O) groups excluding carboxylic acids is 1. The van der Waals surface area contributed by atoms with Gasteiger partial charge < -0.3 is 15.4 Å². The molecule has 0 aliphatic carbocycles. The van der Waals surface area contributed by atoms with Crippen LogP contribution in [0, 0.1) is 5.92 Å². The number of carbonyl (C=O) groups is 1. The summed E-state index contributed by atoms with van der Waals surface area (Å²) < 4.78 is 5.63. The number of rotatable bonds is 8. The molecule has 0 spiro atoms. The molecular formula is C20H27N3O2. The van der Waals surface area contributed by atoms with Gasteiger partial charge in [-0.3, -0.25) is 9.78 Å².